The minimum absolute atomic E-state index is 0.186. The van der Waals surface area contributed by atoms with Crippen LogP contribution in [0.1, 0.15) is 46.1 Å². The van der Waals surface area contributed by atoms with E-state index in [1.807, 2.05) is 13.8 Å². The monoisotopic (exact) mass is 279 g/mol. The highest BCUT2D eigenvalue weighted by atomic mass is 16.5. The molecule has 0 aliphatic rings. The lowest BCUT2D eigenvalue weighted by molar-refractivity contribution is -0.152. The van der Waals surface area contributed by atoms with Crippen LogP contribution < -0.4 is 5.32 Å². The molecular weight excluding hydrogens is 254 g/mol. The fraction of sp³-hybridized carbons (Fsp3) is 0.562. The van der Waals surface area contributed by atoms with E-state index in [1.165, 1.54) is 0 Å². The summed E-state index contributed by atoms with van der Waals surface area (Å²) in [5.74, 6) is -0.0837. The quantitative estimate of drug-likeness (QED) is 0.753. The predicted molar refractivity (Wildman–Crippen MR) is 79.6 cm³/mol. The summed E-state index contributed by atoms with van der Waals surface area (Å²) in [5.41, 5.74) is -0.0457. The summed E-state index contributed by atoms with van der Waals surface area (Å²) in [4.78, 5) is 12.5. The molecular formula is C16H25NO3. The standard InChI is InChI=1S/C16H25NO3/c1-5-12(4)17-16(6-2,15(19)20-7-3)13-8-10-14(18)11-9-13/h8-12,17-18H,5-7H2,1-4H3. The van der Waals surface area contributed by atoms with E-state index in [4.69, 9.17) is 4.74 Å². The molecule has 2 unspecified atom stereocenters. The zero-order valence-corrected chi connectivity index (χ0v) is 12.8. The van der Waals surface area contributed by atoms with E-state index in [2.05, 4.69) is 12.2 Å². The van der Waals surface area contributed by atoms with Gasteiger partial charge in [0.15, 0.2) is 0 Å². The second-order valence-corrected chi connectivity index (χ2v) is 4.98. The van der Waals surface area contributed by atoms with E-state index in [9.17, 15) is 9.90 Å². The molecule has 1 aromatic carbocycles. The van der Waals surface area contributed by atoms with Crippen molar-refractivity contribution in [3.05, 3.63) is 29.8 Å². The second kappa shape index (κ2) is 7.29. The smallest absolute Gasteiger partial charge is 0.330 e. The first-order valence-electron chi connectivity index (χ1n) is 7.24. The van der Waals surface area contributed by atoms with Gasteiger partial charge in [-0.25, -0.2) is 4.79 Å². The molecule has 0 radical (unpaired) electrons. The van der Waals surface area contributed by atoms with Crippen LogP contribution in [-0.2, 0) is 15.1 Å². The van der Waals surface area contributed by atoms with Gasteiger partial charge in [-0.15, -0.1) is 0 Å². The van der Waals surface area contributed by atoms with Crippen molar-refractivity contribution in [2.75, 3.05) is 6.61 Å². The van der Waals surface area contributed by atoms with E-state index in [0.29, 0.717) is 13.0 Å². The number of carbonyl (C=O) groups excluding carboxylic acids is 1. The summed E-state index contributed by atoms with van der Waals surface area (Å²) >= 11 is 0. The largest absolute Gasteiger partial charge is 0.508 e. The maximum atomic E-state index is 12.5. The first kappa shape index (κ1) is 16.5. The zero-order chi connectivity index (χ0) is 15.2. The molecule has 112 valence electrons. The second-order valence-electron chi connectivity index (χ2n) is 4.98. The maximum Gasteiger partial charge on any atom is 0.330 e. The van der Waals surface area contributed by atoms with Gasteiger partial charge in [-0.2, -0.15) is 0 Å². The molecule has 0 spiro atoms. The van der Waals surface area contributed by atoms with E-state index in [0.717, 1.165) is 12.0 Å². The number of carbonyl (C=O) groups is 1. The molecule has 4 nitrogen and oxygen atoms in total. The lowest BCUT2D eigenvalue weighted by Gasteiger charge is -2.34. The number of benzene rings is 1. The minimum Gasteiger partial charge on any atom is -0.508 e. The predicted octanol–water partition coefficient (Wildman–Crippen LogP) is 2.95. The highest BCUT2D eigenvalue weighted by Crippen LogP contribution is 2.29. The average molecular weight is 279 g/mol. The lowest BCUT2D eigenvalue weighted by Crippen LogP contribution is -2.53. The van der Waals surface area contributed by atoms with Gasteiger partial charge in [-0.3, -0.25) is 5.32 Å². The van der Waals surface area contributed by atoms with E-state index >= 15 is 0 Å². The molecule has 0 saturated carbocycles. The zero-order valence-electron chi connectivity index (χ0n) is 12.8. The molecule has 0 fully saturated rings. The highest BCUT2D eigenvalue weighted by molar-refractivity contribution is 5.82. The van der Waals surface area contributed by atoms with Gasteiger partial charge in [-0.05, 0) is 44.4 Å². The molecule has 0 saturated heterocycles. The number of ether oxygens (including phenoxy) is 1. The van der Waals surface area contributed by atoms with Crippen molar-refractivity contribution >= 4 is 5.97 Å². The number of aromatic hydroxyl groups is 1. The highest BCUT2D eigenvalue weighted by Gasteiger charge is 2.40. The normalized spacial score (nSPS) is 15.4. The van der Waals surface area contributed by atoms with Gasteiger partial charge in [0, 0.05) is 6.04 Å². The van der Waals surface area contributed by atoms with Crippen LogP contribution >= 0.6 is 0 Å². The molecule has 2 N–H and O–H groups in total. The molecule has 0 amide bonds. The first-order valence-corrected chi connectivity index (χ1v) is 7.24. The molecule has 0 aromatic heterocycles. The van der Waals surface area contributed by atoms with Crippen molar-refractivity contribution < 1.29 is 14.6 Å². The number of phenols is 1. The molecule has 0 bridgehead atoms. The Morgan fingerprint density at radius 1 is 1.30 bits per heavy atom. The maximum absolute atomic E-state index is 12.5. The first-order chi connectivity index (χ1) is 9.50. The Morgan fingerprint density at radius 3 is 2.35 bits per heavy atom. The summed E-state index contributed by atoms with van der Waals surface area (Å²) in [6.45, 7) is 8.22. The van der Waals surface area contributed by atoms with Gasteiger partial charge in [0.1, 0.15) is 11.3 Å². The number of hydrogen-bond donors (Lipinski definition) is 2. The number of esters is 1. The van der Waals surface area contributed by atoms with E-state index in [1.54, 1.807) is 31.2 Å². The number of phenolic OH excluding ortho intramolecular Hbond substituents is 1. The topological polar surface area (TPSA) is 58.6 Å². The lowest BCUT2D eigenvalue weighted by atomic mass is 9.86. The van der Waals surface area contributed by atoms with Crippen molar-refractivity contribution in [3.63, 3.8) is 0 Å². The Morgan fingerprint density at radius 2 is 1.90 bits per heavy atom. The molecule has 4 heteroatoms. The third-order valence-corrected chi connectivity index (χ3v) is 3.62. The summed E-state index contributed by atoms with van der Waals surface area (Å²) in [5, 5.41) is 12.8. The van der Waals surface area contributed by atoms with Crippen LogP contribution in [0.2, 0.25) is 0 Å². The van der Waals surface area contributed by atoms with E-state index in [-0.39, 0.29) is 17.8 Å². The minimum atomic E-state index is -0.862. The van der Waals surface area contributed by atoms with Gasteiger partial charge in [0.25, 0.3) is 0 Å². The Balaban J connectivity index is 3.22. The van der Waals surface area contributed by atoms with Gasteiger partial charge in [0.05, 0.1) is 6.61 Å². The van der Waals surface area contributed by atoms with Crippen molar-refractivity contribution in [1.29, 1.82) is 0 Å². The molecule has 0 aliphatic heterocycles. The van der Waals surface area contributed by atoms with Crippen LogP contribution in [0.3, 0.4) is 0 Å². The third-order valence-electron chi connectivity index (χ3n) is 3.62. The fourth-order valence-electron chi connectivity index (χ4n) is 2.23. The molecule has 20 heavy (non-hydrogen) atoms. The van der Waals surface area contributed by atoms with Crippen LogP contribution in [0.15, 0.2) is 24.3 Å². The molecule has 0 aliphatic carbocycles. The Bertz CT molecular complexity index is 430. The van der Waals surface area contributed by atoms with Crippen molar-refractivity contribution in [2.45, 2.75) is 52.1 Å². The number of rotatable bonds is 7. The van der Waals surface area contributed by atoms with Crippen LogP contribution in [0.5, 0.6) is 5.75 Å². The molecule has 1 aromatic rings. The van der Waals surface area contributed by atoms with E-state index < -0.39 is 5.54 Å². The van der Waals surface area contributed by atoms with Gasteiger partial charge >= 0.3 is 5.97 Å². The summed E-state index contributed by atoms with van der Waals surface area (Å²) in [7, 11) is 0. The summed E-state index contributed by atoms with van der Waals surface area (Å²) in [6.07, 6.45) is 1.50. The molecule has 2 atom stereocenters. The van der Waals surface area contributed by atoms with Gasteiger partial charge in [0.2, 0.25) is 0 Å². The van der Waals surface area contributed by atoms with Crippen LogP contribution in [-0.4, -0.2) is 23.7 Å². The Hall–Kier alpha value is -1.55. The van der Waals surface area contributed by atoms with Crippen LogP contribution in [0.25, 0.3) is 0 Å². The Labute approximate surface area is 121 Å². The fourth-order valence-corrected chi connectivity index (χ4v) is 2.23. The number of nitrogens with one attached hydrogen (secondary N) is 1. The van der Waals surface area contributed by atoms with Crippen molar-refractivity contribution in [3.8, 4) is 5.75 Å². The SMILES string of the molecule is CCOC(=O)C(CC)(NC(C)CC)c1ccc(O)cc1. The van der Waals surface area contributed by atoms with Crippen molar-refractivity contribution in [2.24, 2.45) is 0 Å². The molecule has 1 rings (SSSR count). The third kappa shape index (κ3) is 3.51. The van der Waals surface area contributed by atoms with Crippen molar-refractivity contribution in [1.82, 2.24) is 5.32 Å². The van der Waals surface area contributed by atoms with Gasteiger partial charge in [-0.1, -0.05) is 26.0 Å². The Kier molecular flexibility index (Phi) is 6.02. The number of hydrogen-bond acceptors (Lipinski definition) is 4. The summed E-state index contributed by atoms with van der Waals surface area (Å²) in [6, 6.07) is 6.92. The van der Waals surface area contributed by atoms with Crippen LogP contribution in [0, 0.1) is 0 Å². The average Bonchev–Trinajstić information content (AvgIpc) is 2.45. The van der Waals surface area contributed by atoms with Gasteiger partial charge < -0.3 is 9.84 Å². The molecule has 0 heterocycles. The summed E-state index contributed by atoms with van der Waals surface area (Å²) < 4.78 is 5.26. The van der Waals surface area contributed by atoms with Crippen LogP contribution in [0.4, 0.5) is 0 Å².